The van der Waals surface area contributed by atoms with Crippen molar-refractivity contribution in [2.45, 2.75) is 185 Å². The molecule has 2 saturated carbocycles. The van der Waals surface area contributed by atoms with E-state index >= 15 is 4.79 Å². The number of aliphatic hydroxyl groups excluding tert-OH is 2. The summed E-state index contributed by atoms with van der Waals surface area (Å²) in [6.07, 6.45) is -9.67. The molecule has 0 spiro atoms. The molecule has 398 valence electrons. The molecule has 1 saturated heterocycles. The van der Waals surface area contributed by atoms with E-state index in [0.717, 1.165) is 18.1 Å². The Labute approximate surface area is 433 Å². The van der Waals surface area contributed by atoms with Gasteiger partial charge in [0, 0.05) is 36.2 Å². The van der Waals surface area contributed by atoms with E-state index in [-0.39, 0.29) is 30.6 Å². The highest BCUT2D eigenvalue weighted by atomic mass is 28.4. The van der Waals surface area contributed by atoms with Gasteiger partial charge in [-0.3, -0.25) is 9.59 Å². The lowest BCUT2D eigenvalue weighted by Gasteiger charge is -2.70. The Morgan fingerprint density at radius 3 is 1.89 bits per heavy atom. The van der Waals surface area contributed by atoms with Crippen molar-refractivity contribution in [2.75, 3.05) is 6.61 Å². The summed E-state index contributed by atoms with van der Waals surface area (Å²) in [6.45, 7) is 24.4. The first-order chi connectivity index (χ1) is 34.2. The fraction of sp³-hybridized carbons (Fsp3) is 0.579. The molecular formula is C57H79NO13Si2. The zero-order valence-electron chi connectivity index (χ0n) is 45.0. The molecule has 1 amide bonds. The number of esters is 3. The predicted octanol–water partition coefficient (Wildman–Crippen LogP) is 9.02. The van der Waals surface area contributed by atoms with Gasteiger partial charge < -0.3 is 48.4 Å². The standard InChI is InChI=1S/C57H79NO13Si2/c1-14-73(15-2,16-3)70-41-32-42-56(34-66-42,69-36(5)59)47-49(68-51(63)39-30-24-19-25-31-39)57(65)33-40(35(4)43(54(57,9)10)45(60)48(61)55(41,47)11)67-52(64)46(71-72(12,13)53(6,7)8)44(37-26-20-17-21-27-37)58-50(62)38-28-22-18-23-29-38/h17-31,40-42,44-49,60-61,65H,14-16,32-34H2,1-13H3,(H,58,62)/t40?,41-,42?,44-,45-,46+,47-,48-,49-,55+,56-,57+/m0/s1. The Bertz CT molecular complexity index is 2500. The molecule has 3 aromatic rings. The second-order valence-corrected chi connectivity index (χ2v) is 32.6. The van der Waals surface area contributed by atoms with Gasteiger partial charge in [0.05, 0.1) is 36.3 Å². The molecule has 2 bridgehead atoms. The quantitative estimate of drug-likeness (QED) is 0.0460. The topological polar surface area (TPSA) is 196 Å². The summed E-state index contributed by atoms with van der Waals surface area (Å²) in [5, 5.41) is 43.4. The van der Waals surface area contributed by atoms with Crippen LogP contribution in [-0.2, 0) is 37.4 Å². The second kappa shape index (κ2) is 20.9. The first-order valence-electron chi connectivity index (χ1n) is 26.0. The van der Waals surface area contributed by atoms with Crippen LogP contribution in [0.3, 0.4) is 0 Å². The van der Waals surface area contributed by atoms with E-state index in [1.54, 1.807) is 113 Å². The molecule has 1 heterocycles. The Hall–Kier alpha value is -4.53. The largest absolute Gasteiger partial charge is 0.456 e. The summed E-state index contributed by atoms with van der Waals surface area (Å²) < 4.78 is 40.6. The number of carbonyl (C=O) groups excluding carboxylic acids is 4. The first-order valence-corrected chi connectivity index (χ1v) is 31.5. The van der Waals surface area contributed by atoms with Gasteiger partial charge in [-0.05, 0) is 84.2 Å². The normalized spacial score (nSPS) is 30.7. The van der Waals surface area contributed by atoms with Gasteiger partial charge in [-0.15, -0.1) is 0 Å². The summed E-state index contributed by atoms with van der Waals surface area (Å²) in [5.74, 6) is -4.04. The van der Waals surface area contributed by atoms with Gasteiger partial charge in [0.15, 0.2) is 28.3 Å². The second-order valence-electron chi connectivity index (χ2n) is 23.2. The average molecular weight is 1040 g/mol. The van der Waals surface area contributed by atoms with Crippen molar-refractivity contribution in [2.24, 2.45) is 16.7 Å². The van der Waals surface area contributed by atoms with Gasteiger partial charge in [-0.1, -0.05) is 129 Å². The lowest BCUT2D eigenvalue weighted by atomic mass is 9.44. The van der Waals surface area contributed by atoms with E-state index in [1.165, 1.54) is 6.92 Å². The first kappa shape index (κ1) is 56.2. The Morgan fingerprint density at radius 2 is 1.38 bits per heavy atom. The number of amides is 1. The minimum Gasteiger partial charge on any atom is -0.456 e. The molecule has 12 atom stereocenters. The fourth-order valence-electron chi connectivity index (χ4n) is 12.2. The van der Waals surface area contributed by atoms with Crippen LogP contribution in [0.15, 0.2) is 102 Å². The Balaban J connectivity index is 1.44. The molecular weight excluding hydrogens is 963 g/mol. The molecule has 4 N–H and O–H groups in total. The molecule has 7 rings (SSSR count). The third-order valence-corrected chi connectivity index (χ3v) is 27.1. The summed E-state index contributed by atoms with van der Waals surface area (Å²) >= 11 is 0. The van der Waals surface area contributed by atoms with Gasteiger partial charge in [-0.25, -0.2) is 9.59 Å². The number of benzene rings is 3. The van der Waals surface area contributed by atoms with E-state index in [4.69, 9.17) is 27.8 Å². The predicted molar refractivity (Wildman–Crippen MR) is 281 cm³/mol. The van der Waals surface area contributed by atoms with Crippen LogP contribution in [0.2, 0.25) is 36.3 Å². The number of hydrogen-bond donors (Lipinski definition) is 4. The SMILES string of the molecule is CC[Si](CC)(CC)O[C@H]1CC2OC[C@@]2(OC(C)=O)[C@H]2[C@H](OC(=O)c3ccccc3)[C@]3(O)CC(OC(=O)[C@H](O[Si](C)(C)C(C)(C)C)[C@@H](NC(=O)c4ccccc4)c4ccccc4)C(C)=C([C@H](O)[C@H](O)[C@]12C)C3(C)C. The number of ether oxygens (including phenoxy) is 4. The van der Waals surface area contributed by atoms with Crippen LogP contribution in [0.1, 0.15) is 121 Å². The van der Waals surface area contributed by atoms with Crippen molar-refractivity contribution in [3.63, 3.8) is 0 Å². The van der Waals surface area contributed by atoms with Gasteiger partial charge in [-0.2, -0.15) is 0 Å². The lowest BCUT2D eigenvalue weighted by molar-refractivity contribution is -0.363. The van der Waals surface area contributed by atoms with Crippen molar-refractivity contribution < 1.29 is 62.3 Å². The zero-order chi connectivity index (χ0) is 53.7. The lowest BCUT2D eigenvalue weighted by Crippen LogP contribution is -2.82. The van der Waals surface area contributed by atoms with Crippen molar-refractivity contribution in [1.82, 2.24) is 5.32 Å². The maximum absolute atomic E-state index is 15.6. The number of nitrogens with one attached hydrogen (secondary N) is 1. The van der Waals surface area contributed by atoms with Gasteiger partial charge in [0.2, 0.25) is 0 Å². The smallest absolute Gasteiger partial charge is 0.338 e. The van der Waals surface area contributed by atoms with Crippen LogP contribution in [0.5, 0.6) is 0 Å². The number of hydrogen-bond acceptors (Lipinski definition) is 13. The molecule has 3 aliphatic carbocycles. The summed E-state index contributed by atoms with van der Waals surface area (Å²) in [4.78, 5) is 58.0. The molecule has 0 radical (unpaired) electrons. The van der Waals surface area contributed by atoms with E-state index in [9.17, 15) is 29.7 Å². The van der Waals surface area contributed by atoms with Crippen molar-refractivity contribution in [3.8, 4) is 0 Å². The van der Waals surface area contributed by atoms with E-state index in [1.807, 2.05) is 39.9 Å². The van der Waals surface area contributed by atoms with Crippen LogP contribution in [0.25, 0.3) is 0 Å². The van der Waals surface area contributed by atoms with E-state index in [0.29, 0.717) is 16.7 Å². The van der Waals surface area contributed by atoms with Gasteiger partial charge in [0.1, 0.15) is 30.0 Å². The zero-order valence-corrected chi connectivity index (χ0v) is 47.0. The minimum absolute atomic E-state index is 0.164. The average Bonchev–Trinajstić information content (AvgIpc) is 3.35. The third-order valence-electron chi connectivity index (χ3n) is 17.9. The van der Waals surface area contributed by atoms with Crippen molar-refractivity contribution in [3.05, 3.63) is 119 Å². The highest BCUT2D eigenvalue weighted by Crippen LogP contribution is 2.66. The monoisotopic (exact) mass is 1040 g/mol. The Morgan fingerprint density at radius 1 is 0.836 bits per heavy atom. The fourth-order valence-corrected chi connectivity index (χ4v) is 16.4. The molecule has 2 unspecified atom stereocenters. The number of aliphatic hydroxyl groups is 3. The maximum atomic E-state index is 15.6. The summed E-state index contributed by atoms with van der Waals surface area (Å²) in [5.41, 5.74) is -5.29. The van der Waals surface area contributed by atoms with E-state index in [2.05, 4.69) is 26.1 Å². The maximum Gasteiger partial charge on any atom is 0.338 e. The molecule has 3 aromatic carbocycles. The minimum atomic E-state index is -2.89. The van der Waals surface area contributed by atoms with Crippen LogP contribution in [0.4, 0.5) is 0 Å². The molecule has 16 heteroatoms. The Kier molecular flexibility index (Phi) is 16.1. The highest BCUT2D eigenvalue weighted by molar-refractivity contribution is 6.74. The van der Waals surface area contributed by atoms with Crippen LogP contribution in [-0.4, -0.2) is 116 Å². The molecule has 3 fully saturated rings. The number of fused-ring (bicyclic) bond motifs is 5. The molecule has 73 heavy (non-hydrogen) atoms. The molecule has 0 aromatic heterocycles. The van der Waals surface area contributed by atoms with Gasteiger partial charge in [0.25, 0.3) is 5.91 Å². The number of rotatable bonds is 16. The summed E-state index contributed by atoms with van der Waals surface area (Å²) in [7, 11) is -5.45. The summed E-state index contributed by atoms with van der Waals surface area (Å²) in [6, 6.07) is 27.2. The highest BCUT2D eigenvalue weighted by Gasteiger charge is 2.78. The third kappa shape index (κ3) is 9.95. The van der Waals surface area contributed by atoms with Crippen LogP contribution < -0.4 is 5.32 Å². The van der Waals surface area contributed by atoms with Crippen LogP contribution in [0, 0.1) is 16.7 Å². The van der Waals surface area contributed by atoms with Gasteiger partial charge >= 0.3 is 17.9 Å². The molecule has 1 aliphatic heterocycles. The number of carbonyl (C=O) groups is 4. The molecule has 14 nitrogen and oxygen atoms in total. The molecule has 4 aliphatic rings. The van der Waals surface area contributed by atoms with Crippen molar-refractivity contribution in [1.29, 1.82) is 0 Å². The van der Waals surface area contributed by atoms with Crippen molar-refractivity contribution >= 4 is 40.4 Å². The van der Waals surface area contributed by atoms with E-state index < -0.39 is 122 Å². The van der Waals surface area contributed by atoms with Crippen LogP contribution >= 0.6 is 0 Å².